The SMILES string of the molecule is CN(C)c1ccc(C(=O)Nc2nc3cc4c(cc3s2)OCO4)cc1. The van der Waals surface area contributed by atoms with E-state index in [0.29, 0.717) is 22.2 Å². The van der Waals surface area contributed by atoms with Gasteiger partial charge in [0.25, 0.3) is 5.91 Å². The minimum absolute atomic E-state index is 0.181. The monoisotopic (exact) mass is 341 g/mol. The third kappa shape index (κ3) is 2.63. The van der Waals surface area contributed by atoms with Gasteiger partial charge in [0.15, 0.2) is 16.6 Å². The first-order valence-corrected chi connectivity index (χ1v) is 8.21. The van der Waals surface area contributed by atoms with E-state index in [0.717, 1.165) is 15.9 Å². The lowest BCUT2D eigenvalue weighted by Gasteiger charge is -2.12. The van der Waals surface area contributed by atoms with Gasteiger partial charge in [0.2, 0.25) is 6.79 Å². The van der Waals surface area contributed by atoms with Gasteiger partial charge in [0.1, 0.15) is 0 Å². The number of aromatic nitrogens is 1. The summed E-state index contributed by atoms with van der Waals surface area (Å²) in [5, 5.41) is 3.40. The molecule has 2 heterocycles. The van der Waals surface area contributed by atoms with Crippen LogP contribution < -0.4 is 19.7 Å². The van der Waals surface area contributed by atoms with Crippen molar-refractivity contribution in [2.24, 2.45) is 0 Å². The lowest BCUT2D eigenvalue weighted by molar-refractivity contribution is 0.102. The van der Waals surface area contributed by atoms with Crippen molar-refractivity contribution in [3.05, 3.63) is 42.0 Å². The Kier molecular flexibility index (Phi) is 3.50. The molecular weight excluding hydrogens is 326 g/mol. The second-order valence-electron chi connectivity index (χ2n) is 5.59. The van der Waals surface area contributed by atoms with Gasteiger partial charge in [0, 0.05) is 37.5 Å². The largest absolute Gasteiger partial charge is 0.454 e. The van der Waals surface area contributed by atoms with Crippen molar-refractivity contribution in [2.75, 3.05) is 31.1 Å². The van der Waals surface area contributed by atoms with Crippen LogP contribution in [-0.4, -0.2) is 31.8 Å². The molecular formula is C17H15N3O3S. The Bertz CT molecular complexity index is 878. The van der Waals surface area contributed by atoms with Gasteiger partial charge in [0.05, 0.1) is 10.2 Å². The maximum absolute atomic E-state index is 12.4. The molecule has 3 aromatic rings. The fraction of sp³-hybridized carbons (Fsp3) is 0.176. The Hall–Kier alpha value is -2.80. The molecule has 0 saturated carbocycles. The molecule has 1 aromatic heterocycles. The predicted molar refractivity (Wildman–Crippen MR) is 94.5 cm³/mol. The average Bonchev–Trinajstić information content (AvgIpc) is 3.17. The van der Waals surface area contributed by atoms with Crippen molar-refractivity contribution in [3.8, 4) is 11.5 Å². The van der Waals surface area contributed by atoms with E-state index in [9.17, 15) is 4.79 Å². The fourth-order valence-corrected chi connectivity index (χ4v) is 3.32. The molecule has 0 unspecified atom stereocenters. The number of hydrogen-bond donors (Lipinski definition) is 1. The van der Waals surface area contributed by atoms with Crippen LogP contribution >= 0.6 is 11.3 Å². The molecule has 2 aromatic carbocycles. The molecule has 1 aliphatic rings. The first-order valence-electron chi connectivity index (χ1n) is 7.39. The summed E-state index contributed by atoms with van der Waals surface area (Å²) in [7, 11) is 3.92. The fourth-order valence-electron chi connectivity index (χ4n) is 2.45. The molecule has 7 heteroatoms. The molecule has 122 valence electrons. The van der Waals surface area contributed by atoms with E-state index < -0.39 is 0 Å². The quantitative estimate of drug-likeness (QED) is 0.791. The van der Waals surface area contributed by atoms with Crippen LogP contribution in [0.1, 0.15) is 10.4 Å². The standard InChI is InChI=1S/C17H15N3O3S/c1-20(2)11-5-3-10(4-6-11)16(21)19-17-18-12-7-13-14(23-9-22-13)8-15(12)24-17/h3-8H,9H2,1-2H3,(H,18,19,21). The zero-order chi connectivity index (χ0) is 16.7. The molecule has 4 rings (SSSR count). The number of benzene rings is 2. The molecule has 0 bridgehead atoms. The molecule has 0 aliphatic carbocycles. The number of nitrogens with zero attached hydrogens (tertiary/aromatic N) is 2. The van der Waals surface area contributed by atoms with Crippen LogP contribution in [0.2, 0.25) is 0 Å². The first-order chi connectivity index (χ1) is 11.6. The maximum atomic E-state index is 12.4. The Morgan fingerprint density at radius 2 is 1.88 bits per heavy atom. The Morgan fingerprint density at radius 3 is 2.58 bits per heavy atom. The van der Waals surface area contributed by atoms with Gasteiger partial charge in [-0.3, -0.25) is 10.1 Å². The zero-order valence-electron chi connectivity index (χ0n) is 13.2. The van der Waals surface area contributed by atoms with Crippen molar-refractivity contribution >= 4 is 38.3 Å². The van der Waals surface area contributed by atoms with Gasteiger partial charge in [-0.25, -0.2) is 4.98 Å². The Balaban J connectivity index is 1.56. The third-order valence-corrected chi connectivity index (χ3v) is 4.68. The van der Waals surface area contributed by atoms with E-state index in [4.69, 9.17) is 9.47 Å². The molecule has 1 aliphatic heterocycles. The van der Waals surface area contributed by atoms with E-state index in [2.05, 4.69) is 10.3 Å². The molecule has 0 fully saturated rings. The van der Waals surface area contributed by atoms with Crippen molar-refractivity contribution in [1.29, 1.82) is 0 Å². The number of ether oxygens (including phenoxy) is 2. The summed E-state index contributed by atoms with van der Waals surface area (Å²) in [6, 6.07) is 11.1. The van der Waals surface area contributed by atoms with Gasteiger partial charge in [-0.2, -0.15) is 0 Å². The summed E-state index contributed by atoms with van der Waals surface area (Å²) in [6.45, 7) is 0.235. The van der Waals surface area contributed by atoms with Crippen LogP contribution in [0.15, 0.2) is 36.4 Å². The topological polar surface area (TPSA) is 63.7 Å². The van der Waals surface area contributed by atoms with Crippen LogP contribution in [0, 0.1) is 0 Å². The molecule has 1 N–H and O–H groups in total. The molecule has 0 spiro atoms. The lowest BCUT2D eigenvalue weighted by Crippen LogP contribution is -2.13. The number of carbonyl (C=O) groups excluding carboxylic acids is 1. The van der Waals surface area contributed by atoms with Crippen LogP contribution in [0.5, 0.6) is 11.5 Å². The predicted octanol–water partition coefficient (Wildman–Crippen LogP) is 3.34. The number of hydrogen-bond acceptors (Lipinski definition) is 6. The number of anilines is 2. The van der Waals surface area contributed by atoms with Crippen molar-refractivity contribution in [1.82, 2.24) is 4.98 Å². The van der Waals surface area contributed by atoms with Crippen LogP contribution in [0.3, 0.4) is 0 Å². The highest BCUT2D eigenvalue weighted by atomic mass is 32.1. The lowest BCUT2D eigenvalue weighted by atomic mass is 10.2. The summed E-state index contributed by atoms with van der Waals surface area (Å²) >= 11 is 1.41. The third-order valence-electron chi connectivity index (χ3n) is 3.75. The minimum atomic E-state index is -0.181. The van der Waals surface area contributed by atoms with Gasteiger partial charge in [-0.1, -0.05) is 11.3 Å². The summed E-state index contributed by atoms with van der Waals surface area (Å²) in [5.41, 5.74) is 2.41. The second kappa shape index (κ2) is 5.68. The van der Waals surface area contributed by atoms with Crippen molar-refractivity contribution in [3.63, 3.8) is 0 Å². The highest BCUT2D eigenvalue weighted by molar-refractivity contribution is 7.22. The number of fused-ring (bicyclic) bond motifs is 2. The van der Waals surface area contributed by atoms with Crippen molar-refractivity contribution < 1.29 is 14.3 Å². The van der Waals surface area contributed by atoms with Gasteiger partial charge < -0.3 is 14.4 Å². The first kappa shape index (κ1) is 14.8. The van der Waals surface area contributed by atoms with Gasteiger partial charge in [-0.05, 0) is 24.3 Å². The number of rotatable bonds is 3. The normalized spacial score (nSPS) is 12.4. The molecule has 1 amide bonds. The van der Waals surface area contributed by atoms with E-state index in [-0.39, 0.29) is 12.7 Å². The van der Waals surface area contributed by atoms with E-state index in [1.807, 2.05) is 43.3 Å². The Labute approximate surface area is 142 Å². The molecule has 0 saturated heterocycles. The smallest absolute Gasteiger partial charge is 0.257 e. The maximum Gasteiger partial charge on any atom is 0.257 e. The van der Waals surface area contributed by atoms with Gasteiger partial charge >= 0.3 is 0 Å². The molecule has 6 nitrogen and oxygen atoms in total. The molecule has 24 heavy (non-hydrogen) atoms. The number of carbonyl (C=O) groups is 1. The highest BCUT2D eigenvalue weighted by Crippen LogP contribution is 2.39. The van der Waals surface area contributed by atoms with Crippen LogP contribution in [0.25, 0.3) is 10.2 Å². The number of amides is 1. The second-order valence-corrected chi connectivity index (χ2v) is 6.62. The Morgan fingerprint density at radius 1 is 1.17 bits per heavy atom. The summed E-state index contributed by atoms with van der Waals surface area (Å²) in [4.78, 5) is 18.8. The van der Waals surface area contributed by atoms with E-state index in [1.54, 1.807) is 12.1 Å². The van der Waals surface area contributed by atoms with Gasteiger partial charge in [-0.15, -0.1) is 0 Å². The van der Waals surface area contributed by atoms with E-state index in [1.165, 1.54) is 11.3 Å². The molecule has 0 atom stereocenters. The van der Waals surface area contributed by atoms with Crippen molar-refractivity contribution in [2.45, 2.75) is 0 Å². The average molecular weight is 341 g/mol. The summed E-state index contributed by atoms with van der Waals surface area (Å²) in [5.74, 6) is 1.22. The number of thiazole rings is 1. The summed E-state index contributed by atoms with van der Waals surface area (Å²) in [6.07, 6.45) is 0. The van der Waals surface area contributed by atoms with Crippen LogP contribution in [0.4, 0.5) is 10.8 Å². The molecule has 0 radical (unpaired) electrons. The van der Waals surface area contributed by atoms with E-state index >= 15 is 0 Å². The van der Waals surface area contributed by atoms with Crippen LogP contribution in [-0.2, 0) is 0 Å². The number of nitrogens with one attached hydrogen (secondary N) is 1. The minimum Gasteiger partial charge on any atom is -0.454 e. The summed E-state index contributed by atoms with van der Waals surface area (Å²) < 4.78 is 11.7. The zero-order valence-corrected chi connectivity index (χ0v) is 14.0. The highest BCUT2D eigenvalue weighted by Gasteiger charge is 2.17.